The van der Waals surface area contributed by atoms with Gasteiger partial charge in [-0.15, -0.1) is 23.7 Å². The first-order valence-electron chi connectivity index (χ1n) is 4.23. The maximum Gasteiger partial charge on any atom is 0.266 e. The van der Waals surface area contributed by atoms with Gasteiger partial charge in [0.05, 0.1) is 9.90 Å². The van der Waals surface area contributed by atoms with E-state index in [0.717, 1.165) is 0 Å². The summed E-state index contributed by atoms with van der Waals surface area (Å²) >= 11 is 7.23. The van der Waals surface area contributed by atoms with Gasteiger partial charge in [-0.1, -0.05) is 17.7 Å². The highest BCUT2D eigenvalue weighted by molar-refractivity contribution is 7.12. The highest BCUT2D eigenvalue weighted by atomic mass is 35.5. The average molecular weight is 275 g/mol. The number of anilines is 1. The summed E-state index contributed by atoms with van der Waals surface area (Å²) in [7, 11) is 0. The van der Waals surface area contributed by atoms with E-state index >= 15 is 0 Å². The van der Waals surface area contributed by atoms with Crippen molar-refractivity contribution in [3.63, 3.8) is 0 Å². The van der Waals surface area contributed by atoms with Gasteiger partial charge in [-0.2, -0.15) is 0 Å². The fourth-order valence-electron chi connectivity index (χ4n) is 1.05. The number of aromatic nitrogens is 1. The summed E-state index contributed by atoms with van der Waals surface area (Å²) < 4.78 is 0. The van der Waals surface area contributed by atoms with E-state index in [1.807, 2.05) is 11.4 Å². The number of carbonyl (C=O) groups excluding carboxylic acids is 1. The second kappa shape index (κ2) is 5.84. The van der Waals surface area contributed by atoms with Crippen LogP contribution in [0.1, 0.15) is 9.67 Å². The second-order valence-corrected chi connectivity index (χ2v) is 4.12. The molecule has 2 heterocycles. The Morgan fingerprint density at radius 1 is 1.38 bits per heavy atom. The van der Waals surface area contributed by atoms with Crippen LogP contribution in [-0.4, -0.2) is 10.9 Å². The van der Waals surface area contributed by atoms with E-state index in [1.165, 1.54) is 11.3 Å². The van der Waals surface area contributed by atoms with Crippen LogP contribution in [0, 0.1) is 0 Å². The molecule has 0 aliphatic rings. The molecule has 2 aromatic rings. The zero-order valence-electron chi connectivity index (χ0n) is 8.01. The minimum atomic E-state index is -0.189. The maximum absolute atomic E-state index is 11.6. The molecule has 1 N–H and O–H groups in total. The van der Waals surface area contributed by atoms with E-state index in [1.54, 1.807) is 24.4 Å². The van der Waals surface area contributed by atoms with E-state index in [2.05, 4.69) is 10.3 Å². The Morgan fingerprint density at radius 2 is 2.19 bits per heavy atom. The van der Waals surface area contributed by atoms with Crippen LogP contribution >= 0.6 is 35.3 Å². The molecule has 3 nitrogen and oxygen atoms in total. The second-order valence-electron chi connectivity index (χ2n) is 2.77. The largest absolute Gasteiger partial charge is 0.305 e. The highest BCUT2D eigenvalue weighted by Crippen LogP contribution is 2.19. The molecule has 16 heavy (non-hydrogen) atoms. The summed E-state index contributed by atoms with van der Waals surface area (Å²) in [5, 5.41) is 4.92. The predicted molar refractivity (Wildman–Crippen MR) is 68.8 cm³/mol. The Bertz CT molecular complexity index is 473. The molecule has 0 aliphatic heterocycles. The van der Waals surface area contributed by atoms with E-state index in [4.69, 9.17) is 11.6 Å². The van der Waals surface area contributed by atoms with Crippen molar-refractivity contribution in [2.45, 2.75) is 0 Å². The molecule has 0 spiro atoms. The van der Waals surface area contributed by atoms with E-state index in [-0.39, 0.29) is 18.3 Å². The van der Waals surface area contributed by atoms with E-state index in [9.17, 15) is 4.79 Å². The van der Waals surface area contributed by atoms with Crippen molar-refractivity contribution in [3.05, 3.63) is 45.7 Å². The summed E-state index contributed by atoms with van der Waals surface area (Å²) in [5.74, 6) is 0.197. The van der Waals surface area contributed by atoms with Gasteiger partial charge >= 0.3 is 0 Å². The fourth-order valence-corrected chi connectivity index (χ4v) is 1.84. The number of thiophene rings is 1. The number of rotatable bonds is 2. The molecule has 0 saturated heterocycles. The zero-order chi connectivity index (χ0) is 10.7. The third kappa shape index (κ3) is 2.95. The van der Waals surface area contributed by atoms with Gasteiger partial charge in [0.2, 0.25) is 0 Å². The molecule has 2 aromatic heterocycles. The van der Waals surface area contributed by atoms with Crippen LogP contribution in [0.15, 0.2) is 35.8 Å². The van der Waals surface area contributed by atoms with Crippen LogP contribution in [0.3, 0.4) is 0 Å². The fraction of sp³-hybridized carbons (Fsp3) is 0. The topological polar surface area (TPSA) is 42.0 Å². The number of halogens is 2. The predicted octanol–water partition coefficient (Wildman–Crippen LogP) is 3.47. The Kier molecular flexibility index (Phi) is 4.73. The van der Waals surface area contributed by atoms with Gasteiger partial charge in [0, 0.05) is 6.20 Å². The van der Waals surface area contributed by atoms with Crippen molar-refractivity contribution >= 4 is 47.1 Å². The SMILES string of the molecule is Cl.O=C(Nc1ncccc1Cl)c1cccs1. The molecule has 6 heteroatoms. The van der Waals surface area contributed by atoms with Crippen LogP contribution in [-0.2, 0) is 0 Å². The Morgan fingerprint density at radius 3 is 2.81 bits per heavy atom. The van der Waals surface area contributed by atoms with Crippen LogP contribution in [0.2, 0.25) is 5.02 Å². The quantitative estimate of drug-likeness (QED) is 0.911. The number of amides is 1. The Labute approximate surface area is 108 Å². The molecule has 2 rings (SSSR count). The summed E-state index contributed by atoms with van der Waals surface area (Å²) in [6, 6.07) is 6.96. The molecule has 0 fully saturated rings. The van der Waals surface area contributed by atoms with Crippen molar-refractivity contribution in [1.29, 1.82) is 0 Å². The molecule has 0 radical (unpaired) electrons. The van der Waals surface area contributed by atoms with Gasteiger partial charge in [0.1, 0.15) is 0 Å². The van der Waals surface area contributed by atoms with Crippen molar-refractivity contribution in [2.75, 3.05) is 5.32 Å². The van der Waals surface area contributed by atoms with Crippen molar-refractivity contribution in [3.8, 4) is 0 Å². The van der Waals surface area contributed by atoms with Crippen LogP contribution < -0.4 is 5.32 Å². The minimum Gasteiger partial charge on any atom is -0.305 e. The van der Waals surface area contributed by atoms with Crippen LogP contribution in [0.4, 0.5) is 5.82 Å². The van der Waals surface area contributed by atoms with Crippen molar-refractivity contribution < 1.29 is 4.79 Å². The standard InChI is InChI=1S/C10H7ClN2OS.ClH/c11-7-3-1-5-12-9(7)13-10(14)8-4-2-6-15-8;/h1-6H,(H,12,13,14);1H. The first kappa shape index (κ1) is 13.0. The molecule has 0 atom stereocenters. The number of nitrogens with zero attached hydrogens (tertiary/aromatic N) is 1. The van der Waals surface area contributed by atoms with Gasteiger partial charge in [-0.05, 0) is 23.6 Å². The lowest BCUT2D eigenvalue weighted by Crippen LogP contribution is -2.11. The lowest BCUT2D eigenvalue weighted by molar-refractivity contribution is 0.103. The molecule has 0 aliphatic carbocycles. The number of carbonyl (C=O) groups is 1. The van der Waals surface area contributed by atoms with Crippen molar-refractivity contribution in [2.24, 2.45) is 0 Å². The number of hydrogen-bond acceptors (Lipinski definition) is 3. The molecular formula is C10H8Cl2N2OS. The monoisotopic (exact) mass is 274 g/mol. The van der Waals surface area contributed by atoms with Gasteiger partial charge in [0.25, 0.3) is 5.91 Å². The van der Waals surface area contributed by atoms with E-state index < -0.39 is 0 Å². The first-order valence-corrected chi connectivity index (χ1v) is 5.48. The molecular weight excluding hydrogens is 267 g/mol. The van der Waals surface area contributed by atoms with Crippen LogP contribution in [0.5, 0.6) is 0 Å². The maximum atomic E-state index is 11.6. The highest BCUT2D eigenvalue weighted by Gasteiger charge is 2.09. The zero-order valence-corrected chi connectivity index (χ0v) is 10.4. The molecule has 1 amide bonds. The first-order chi connectivity index (χ1) is 7.27. The summed E-state index contributed by atoms with van der Waals surface area (Å²) in [6.07, 6.45) is 1.58. The van der Waals surface area contributed by atoms with Gasteiger partial charge in [-0.3, -0.25) is 4.79 Å². The van der Waals surface area contributed by atoms with Crippen molar-refractivity contribution in [1.82, 2.24) is 4.98 Å². The third-order valence-electron chi connectivity index (χ3n) is 1.74. The van der Waals surface area contributed by atoms with Gasteiger partial charge < -0.3 is 5.32 Å². The smallest absolute Gasteiger partial charge is 0.266 e. The Hall–Kier alpha value is -1.10. The molecule has 0 bridgehead atoms. The number of hydrogen-bond donors (Lipinski definition) is 1. The lowest BCUT2D eigenvalue weighted by atomic mass is 10.4. The molecule has 84 valence electrons. The third-order valence-corrected chi connectivity index (χ3v) is 2.91. The molecule has 0 aromatic carbocycles. The minimum absolute atomic E-state index is 0. The van der Waals surface area contributed by atoms with E-state index in [0.29, 0.717) is 15.7 Å². The molecule has 0 unspecified atom stereocenters. The average Bonchev–Trinajstić information content (AvgIpc) is 2.74. The normalized spacial score (nSPS) is 9.31. The summed E-state index contributed by atoms with van der Waals surface area (Å²) in [5.41, 5.74) is 0. The Balaban J connectivity index is 0.00000128. The summed E-state index contributed by atoms with van der Waals surface area (Å²) in [6.45, 7) is 0. The molecule has 0 saturated carbocycles. The van der Waals surface area contributed by atoms with Gasteiger partial charge in [0.15, 0.2) is 5.82 Å². The number of nitrogens with one attached hydrogen (secondary N) is 1. The van der Waals surface area contributed by atoms with Gasteiger partial charge in [-0.25, -0.2) is 4.98 Å². The lowest BCUT2D eigenvalue weighted by Gasteiger charge is -2.03. The van der Waals surface area contributed by atoms with Crippen LogP contribution in [0.25, 0.3) is 0 Å². The summed E-state index contributed by atoms with van der Waals surface area (Å²) in [4.78, 5) is 16.2. The number of pyridine rings is 1.